The summed E-state index contributed by atoms with van der Waals surface area (Å²) in [6.07, 6.45) is -2.71. The van der Waals surface area contributed by atoms with Gasteiger partial charge >= 0.3 is 12.1 Å². The smallest absolute Gasteiger partial charge is 0.417 e. The normalized spacial score (nSPS) is 11.1. The number of anilines is 1. The molecule has 0 aliphatic rings. The van der Waals surface area contributed by atoms with E-state index in [2.05, 4.69) is 4.98 Å². The van der Waals surface area contributed by atoms with E-state index in [1.54, 1.807) is 18.2 Å². The van der Waals surface area contributed by atoms with Gasteiger partial charge in [0.25, 0.3) is 0 Å². The first-order valence-electron chi connectivity index (χ1n) is 8.16. The van der Waals surface area contributed by atoms with E-state index in [-0.39, 0.29) is 39.3 Å². The molecule has 30 heavy (non-hydrogen) atoms. The van der Waals surface area contributed by atoms with Crippen LogP contribution in [0.25, 0.3) is 5.69 Å². The van der Waals surface area contributed by atoms with Gasteiger partial charge in [-0.2, -0.15) is 18.4 Å². The quantitative estimate of drug-likeness (QED) is 0.600. The summed E-state index contributed by atoms with van der Waals surface area (Å²) < 4.78 is 50.1. The predicted octanol–water partition coefficient (Wildman–Crippen LogP) is 4.58. The van der Waals surface area contributed by atoms with Gasteiger partial charge in [0.1, 0.15) is 11.1 Å². The molecule has 0 fully saturated rings. The maximum atomic E-state index is 12.8. The van der Waals surface area contributed by atoms with Crippen LogP contribution in [0.2, 0.25) is 5.02 Å². The van der Waals surface area contributed by atoms with Crippen molar-refractivity contribution in [1.82, 2.24) is 9.55 Å². The number of nitrogens with zero attached hydrogens (tertiary/aromatic N) is 3. The average molecular weight is 437 g/mol. The average Bonchev–Trinajstić information content (AvgIpc) is 3.04. The lowest BCUT2D eigenvalue weighted by Crippen LogP contribution is -2.11. The number of nitrogens with two attached hydrogens (primary N) is 1. The van der Waals surface area contributed by atoms with Crippen LogP contribution in [-0.2, 0) is 10.9 Å². The zero-order chi connectivity index (χ0) is 22.1. The van der Waals surface area contributed by atoms with Gasteiger partial charge in [0.15, 0.2) is 11.4 Å². The fraction of sp³-hybridized carbons (Fsp3) is 0.105. The van der Waals surface area contributed by atoms with Crippen molar-refractivity contribution in [2.45, 2.75) is 6.18 Å². The molecule has 1 aromatic carbocycles. The van der Waals surface area contributed by atoms with Crippen molar-refractivity contribution >= 4 is 23.3 Å². The molecule has 0 saturated carbocycles. The summed E-state index contributed by atoms with van der Waals surface area (Å²) in [6.45, 7) is 0. The van der Waals surface area contributed by atoms with Gasteiger partial charge < -0.3 is 19.8 Å². The minimum Gasteiger partial charge on any atom is -0.464 e. The monoisotopic (exact) mass is 436 g/mol. The van der Waals surface area contributed by atoms with Crippen molar-refractivity contribution in [2.24, 2.45) is 0 Å². The molecule has 0 saturated heterocycles. The van der Waals surface area contributed by atoms with Gasteiger partial charge in [-0.3, -0.25) is 0 Å². The number of carbonyl (C=O) groups excluding carboxylic acids is 1. The van der Waals surface area contributed by atoms with E-state index in [4.69, 9.17) is 26.8 Å². The molecule has 2 aromatic heterocycles. The molecule has 11 heteroatoms. The summed E-state index contributed by atoms with van der Waals surface area (Å²) in [6, 6.07) is 8.79. The van der Waals surface area contributed by atoms with Crippen molar-refractivity contribution in [1.29, 1.82) is 5.26 Å². The number of ether oxygens (including phenoxy) is 2. The highest BCUT2D eigenvalue weighted by molar-refractivity contribution is 6.31. The predicted molar refractivity (Wildman–Crippen MR) is 101 cm³/mol. The Morgan fingerprint density at radius 1 is 1.33 bits per heavy atom. The van der Waals surface area contributed by atoms with Crippen LogP contribution >= 0.6 is 11.6 Å². The standard InChI is InChI=1S/C19H12ClF3N4O3/c1-29-18(28)16-15(25)10(7-24)9-27(16)13-4-2-3-5-14(13)30-17-12(20)6-11(8-26-17)19(21,22)23/h2-6,8-9H,25H2,1H3. The zero-order valence-electron chi connectivity index (χ0n) is 15.2. The van der Waals surface area contributed by atoms with Crippen molar-refractivity contribution < 1.29 is 27.4 Å². The fourth-order valence-corrected chi connectivity index (χ4v) is 2.81. The Morgan fingerprint density at radius 2 is 2.03 bits per heavy atom. The maximum absolute atomic E-state index is 12.8. The van der Waals surface area contributed by atoms with E-state index in [9.17, 15) is 23.2 Å². The molecule has 0 radical (unpaired) electrons. The number of methoxy groups -OCH3 is 1. The summed E-state index contributed by atoms with van der Waals surface area (Å²) in [5.41, 5.74) is 4.93. The van der Waals surface area contributed by atoms with E-state index in [1.165, 1.54) is 16.8 Å². The van der Waals surface area contributed by atoms with Crippen LogP contribution in [0.4, 0.5) is 18.9 Å². The lowest BCUT2D eigenvalue weighted by molar-refractivity contribution is -0.137. The minimum atomic E-state index is -4.61. The maximum Gasteiger partial charge on any atom is 0.417 e. The van der Waals surface area contributed by atoms with Crippen LogP contribution in [-0.4, -0.2) is 22.6 Å². The number of para-hydroxylation sites is 2. The van der Waals surface area contributed by atoms with Gasteiger partial charge in [-0.25, -0.2) is 9.78 Å². The summed E-state index contributed by atoms with van der Waals surface area (Å²) in [4.78, 5) is 15.8. The lowest BCUT2D eigenvalue weighted by atomic mass is 10.2. The summed E-state index contributed by atoms with van der Waals surface area (Å²) in [5.74, 6) is -0.983. The number of benzene rings is 1. The third-order valence-corrected chi connectivity index (χ3v) is 4.28. The molecule has 7 nitrogen and oxygen atoms in total. The van der Waals surface area contributed by atoms with E-state index >= 15 is 0 Å². The van der Waals surface area contributed by atoms with E-state index in [0.29, 0.717) is 12.3 Å². The van der Waals surface area contributed by atoms with Crippen molar-refractivity contribution in [2.75, 3.05) is 12.8 Å². The van der Waals surface area contributed by atoms with Crippen molar-refractivity contribution in [3.8, 4) is 23.4 Å². The van der Waals surface area contributed by atoms with Crippen molar-refractivity contribution in [3.63, 3.8) is 0 Å². The van der Waals surface area contributed by atoms with Crippen LogP contribution < -0.4 is 10.5 Å². The molecule has 3 rings (SSSR count). The zero-order valence-corrected chi connectivity index (χ0v) is 16.0. The number of hydrogen-bond donors (Lipinski definition) is 1. The molecule has 2 N–H and O–H groups in total. The molecule has 0 aliphatic carbocycles. The van der Waals surface area contributed by atoms with Crippen molar-refractivity contribution in [3.05, 3.63) is 64.6 Å². The number of hydrogen-bond acceptors (Lipinski definition) is 6. The molecule has 0 amide bonds. The topological polar surface area (TPSA) is 103 Å². The molecular weight excluding hydrogens is 425 g/mol. The Kier molecular flexibility index (Phi) is 5.58. The number of esters is 1. The first-order valence-corrected chi connectivity index (χ1v) is 8.54. The third-order valence-electron chi connectivity index (χ3n) is 4.01. The Morgan fingerprint density at radius 3 is 2.63 bits per heavy atom. The fourth-order valence-electron chi connectivity index (χ4n) is 2.61. The molecule has 2 heterocycles. The Hall–Kier alpha value is -3.71. The SMILES string of the molecule is COC(=O)c1c(N)c(C#N)cn1-c1ccccc1Oc1ncc(C(F)(F)F)cc1Cl. The largest absolute Gasteiger partial charge is 0.464 e. The van der Waals surface area contributed by atoms with E-state index in [0.717, 1.165) is 7.11 Å². The molecule has 0 spiro atoms. The van der Waals surface area contributed by atoms with Gasteiger partial charge in [-0.05, 0) is 18.2 Å². The van der Waals surface area contributed by atoms with Crippen LogP contribution in [0.15, 0.2) is 42.7 Å². The van der Waals surface area contributed by atoms with E-state index < -0.39 is 17.7 Å². The van der Waals surface area contributed by atoms with Gasteiger partial charge in [0, 0.05) is 12.4 Å². The van der Waals surface area contributed by atoms with Gasteiger partial charge in [-0.1, -0.05) is 23.7 Å². The molecule has 0 atom stereocenters. The Bertz CT molecular complexity index is 1170. The van der Waals surface area contributed by atoms with E-state index in [1.807, 2.05) is 6.07 Å². The Labute approximate surface area is 173 Å². The highest BCUT2D eigenvalue weighted by Gasteiger charge is 2.32. The molecule has 3 aromatic rings. The number of halogens is 4. The highest BCUT2D eigenvalue weighted by atomic mass is 35.5. The molecule has 0 bridgehead atoms. The van der Waals surface area contributed by atoms with Crippen LogP contribution in [0.5, 0.6) is 11.6 Å². The number of nitriles is 1. The van der Waals surface area contributed by atoms with Crippen LogP contribution in [0.3, 0.4) is 0 Å². The number of pyridine rings is 1. The summed E-state index contributed by atoms with van der Waals surface area (Å²) in [7, 11) is 1.15. The first-order chi connectivity index (χ1) is 14.2. The second kappa shape index (κ2) is 7.96. The third kappa shape index (κ3) is 3.88. The number of nitrogen functional groups attached to an aromatic ring is 1. The number of alkyl halides is 3. The van der Waals surface area contributed by atoms with Gasteiger partial charge in [0.05, 0.1) is 29.6 Å². The van der Waals surface area contributed by atoms with Gasteiger partial charge in [0.2, 0.25) is 5.88 Å². The second-order valence-corrected chi connectivity index (χ2v) is 6.26. The molecular formula is C19H12ClF3N4O3. The number of rotatable bonds is 4. The number of carbonyl (C=O) groups is 1. The Balaban J connectivity index is 2.10. The lowest BCUT2D eigenvalue weighted by Gasteiger charge is -2.15. The molecule has 154 valence electrons. The molecule has 0 unspecified atom stereocenters. The van der Waals surface area contributed by atoms with Crippen LogP contribution in [0.1, 0.15) is 21.6 Å². The van der Waals surface area contributed by atoms with Gasteiger partial charge in [-0.15, -0.1) is 0 Å². The molecule has 0 aliphatic heterocycles. The highest BCUT2D eigenvalue weighted by Crippen LogP contribution is 2.37. The minimum absolute atomic E-state index is 0.0240. The van der Waals surface area contributed by atoms with Crippen LogP contribution in [0, 0.1) is 11.3 Å². The first kappa shape index (κ1) is 21.0. The summed E-state index contributed by atoms with van der Waals surface area (Å²) >= 11 is 5.91. The number of aromatic nitrogens is 2. The second-order valence-electron chi connectivity index (χ2n) is 5.86. The summed E-state index contributed by atoms with van der Waals surface area (Å²) in [5, 5.41) is 8.88.